The Morgan fingerprint density at radius 2 is 2.15 bits per heavy atom. The molecule has 1 N–H and O–H groups in total. The van der Waals surface area contributed by atoms with Gasteiger partial charge in [0, 0.05) is 31.2 Å². The predicted molar refractivity (Wildman–Crippen MR) is 80.0 cm³/mol. The van der Waals surface area contributed by atoms with Gasteiger partial charge in [-0.2, -0.15) is 0 Å². The van der Waals surface area contributed by atoms with Gasteiger partial charge in [0.05, 0.1) is 12.7 Å². The van der Waals surface area contributed by atoms with Crippen molar-refractivity contribution in [2.24, 2.45) is 0 Å². The van der Waals surface area contributed by atoms with Gasteiger partial charge in [0.1, 0.15) is 0 Å². The van der Waals surface area contributed by atoms with Crippen LogP contribution in [-0.2, 0) is 17.8 Å². The number of benzene rings is 1. The van der Waals surface area contributed by atoms with Gasteiger partial charge >= 0.3 is 5.97 Å². The third-order valence-corrected chi connectivity index (χ3v) is 3.31. The number of aryl methyl sites for hydroxylation is 2. The van der Waals surface area contributed by atoms with Gasteiger partial charge in [-0.3, -0.25) is 0 Å². The molecule has 0 unspecified atom stereocenters. The summed E-state index contributed by atoms with van der Waals surface area (Å²) in [6.45, 7) is 5.84. The van der Waals surface area contributed by atoms with Crippen molar-refractivity contribution in [3.8, 4) is 0 Å². The summed E-state index contributed by atoms with van der Waals surface area (Å²) in [5.41, 5.74) is 3.88. The summed E-state index contributed by atoms with van der Waals surface area (Å²) < 4.78 is 6.86. The van der Waals surface area contributed by atoms with Crippen molar-refractivity contribution in [1.29, 1.82) is 0 Å². The van der Waals surface area contributed by atoms with Gasteiger partial charge in [-0.25, -0.2) is 4.79 Å². The number of methoxy groups -OCH3 is 1. The quantitative estimate of drug-likeness (QED) is 0.850. The zero-order chi connectivity index (χ0) is 14.5. The fourth-order valence-electron chi connectivity index (χ4n) is 2.10. The zero-order valence-electron chi connectivity index (χ0n) is 12.1. The van der Waals surface area contributed by atoms with Crippen LogP contribution in [0.25, 0.3) is 0 Å². The second-order valence-electron chi connectivity index (χ2n) is 4.73. The molecule has 0 atom stereocenters. The van der Waals surface area contributed by atoms with Gasteiger partial charge in [0.15, 0.2) is 0 Å². The Kier molecular flexibility index (Phi) is 4.45. The summed E-state index contributed by atoms with van der Waals surface area (Å²) in [5.74, 6) is -0.306. The Hall–Kier alpha value is -2.23. The highest BCUT2D eigenvalue weighted by Crippen LogP contribution is 2.18. The number of carbonyl (C=O) groups is 1. The molecule has 0 spiro atoms. The first-order valence-corrected chi connectivity index (χ1v) is 6.71. The van der Waals surface area contributed by atoms with Gasteiger partial charge in [0.25, 0.3) is 0 Å². The summed E-state index contributed by atoms with van der Waals surface area (Å²) in [5, 5.41) is 3.39. The first kappa shape index (κ1) is 14.2. The Balaban J connectivity index is 2.04. The largest absolute Gasteiger partial charge is 0.465 e. The van der Waals surface area contributed by atoms with E-state index >= 15 is 0 Å². The van der Waals surface area contributed by atoms with Crippen molar-refractivity contribution in [2.75, 3.05) is 12.4 Å². The molecule has 106 valence electrons. The molecule has 2 aromatic rings. The lowest BCUT2D eigenvalue weighted by Crippen LogP contribution is -2.04. The van der Waals surface area contributed by atoms with E-state index in [0.717, 1.165) is 24.3 Å². The molecule has 4 nitrogen and oxygen atoms in total. The van der Waals surface area contributed by atoms with Gasteiger partial charge in [-0.05, 0) is 49.2 Å². The molecule has 0 fully saturated rings. The lowest BCUT2D eigenvalue weighted by Gasteiger charge is -2.10. The fourth-order valence-corrected chi connectivity index (χ4v) is 2.10. The number of nitrogens with zero attached hydrogens (tertiary/aromatic N) is 1. The van der Waals surface area contributed by atoms with Crippen molar-refractivity contribution in [1.82, 2.24) is 4.57 Å². The van der Waals surface area contributed by atoms with E-state index in [2.05, 4.69) is 35.3 Å². The molecule has 0 aliphatic carbocycles. The molecular formula is C16H20N2O2. The molecule has 1 aromatic carbocycles. The van der Waals surface area contributed by atoms with Crippen LogP contribution in [0.15, 0.2) is 36.7 Å². The molecule has 0 bridgehead atoms. The molecule has 4 heteroatoms. The third kappa shape index (κ3) is 3.20. The number of anilines is 1. The maximum Gasteiger partial charge on any atom is 0.337 e. The lowest BCUT2D eigenvalue weighted by molar-refractivity contribution is 0.0600. The minimum absolute atomic E-state index is 0.306. The number of carbonyl (C=O) groups excluding carboxylic acids is 1. The fraction of sp³-hybridized carbons (Fsp3) is 0.312. The second-order valence-corrected chi connectivity index (χ2v) is 4.73. The van der Waals surface area contributed by atoms with Gasteiger partial charge in [-0.15, -0.1) is 0 Å². The van der Waals surface area contributed by atoms with Crippen molar-refractivity contribution in [3.05, 3.63) is 53.3 Å². The van der Waals surface area contributed by atoms with E-state index in [0.29, 0.717) is 5.56 Å². The molecule has 0 amide bonds. The number of aromatic nitrogens is 1. The van der Waals surface area contributed by atoms with Crippen LogP contribution in [0.3, 0.4) is 0 Å². The highest BCUT2D eigenvalue weighted by molar-refractivity contribution is 5.90. The number of hydrogen-bond donors (Lipinski definition) is 1. The number of rotatable bonds is 5. The normalized spacial score (nSPS) is 10.3. The number of hydrogen-bond acceptors (Lipinski definition) is 3. The molecule has 0 aliphatic rings. The number of esters is 1. The third-order valence-electron chi connectivity index (χ3n) is 3.31. The van der Waals surface area contributed by atoms with Crippen molar-refractivity contribution >= 4 is 11.7 Å². The first-order chi connectivity index (χ1) is 9.63. The molecule has 2 rings (SSSR count). The Bertz CT molecular complexity index is 602. The van der Waals surface area contributed by atoms with Gasteiger partial charge in [0.2, 0.25) is 0 Å². The SMILES string of the molecule is CCn1ccc(CNc2ccc(C(=O)OC)cc2C)c1. The first-order valence-electron chi connectivity index (χ1n) is 6.71. The van der Waals surface area contributed by atoms with Crippen LogP contribution in [-0.4, -0.2) is 17.6 Å². The molecule has 1 aromatic heterocycles. The smallest absolute Gasteiger partial charge is 0.337 e. The van der Waals surface area contributed by atoms with Gasteiger partial charge < -0.3 is 14.6 Å². The summed E-state index contributed by atoms with van der Waals surface area (Å²) in [4.78, 5) is 11.4. The van der Waals surface area contributed by atoms with E-state index in [1.807, 2.05) is 19.1 Å². The number of ether oxygens (including phenoxy) is 1. The topological polar surface area (TPSA) is 43.3 Å². The predicted octanol–water partition coefficient (Wildman–Crippen LogP) is 3.22. The molecule has 0 saturated heterocycles. The Morgan fingerprint density at radius 3 is 2.75 bits per heavy atom. The Labute approximate surface area is 119 Å². The highest BCUT2D eigenvalue weighted by atomic mass is 16.5. The summed E-state index contributed by atoms with van der Waals surface area (Å²) in [7, 11) is 1.39. The van der Waals surface area contributed by atoms with E-state index in [1.165, 1.54) is 12.7 Å². The molecule has 0 radical (unpaired) electrons. The van der Waals surface area contributed by atoms with Crippen molar-refractivity contribution < 1.29 is 9.53 Å². The Morgan fingerprint density at radius 1 is 1.35 bits per heavy atom. The monoisotopic (exact) mass is 272 g/mol. The van der Waals surface area contributed by atoms with Crippen LogP contribution in [0.2, 0.25) is 0 Å². The summed E-state index contributed by atoms with van der Waals surface area (Å²) in [6, 6.07) is 7.64. The average molecular weight is 272 g/mol. The standard InChI is InChI=1S/C16H20N2O2/c1-4-18-8-7-13(11-18)10-17-15-6-5-14(9-12(15)2)16(19)20-3/h5-9,11,17H,4,10H2,1-3H3. The zero-order valence-corrected chi connectivity index (χ0v) is 12.1. The van der Waals surface area contributed by atoms with Gasteiger partial charge in [-0.1, -0.05) is 0 Å². The van der Waals surface area contributed by atoms with Crippen LogP contribution >= 0.6 is 0 Å². The van der Waals surface area contributed by atoms with E-state index in [-0.39, 0.29) is 5.97 Å². The van der Waals surface area contributed by atoms with Crippen molar-refractivity contribution in [2.45, 2.75) is 26.9 Å². The highest BCUT2D eigenvalue weighted by Gasteiger charge is 2.07. The lowest BCUT2D eigenvalue weighted by atomic mass is 10.1. The van der Waals surface area contributed by atoms with Crippen LogP contribution in [0.5, 0.6) is 0 Å². The molecule has 1 heterocycles. The minimum Gasteiger partial charge on any atom is -0.465 e. The van der Waals surface area contributed by atoms with Crippen molar-refractivity contribution in [3.63, 3.8) is 0 Å². The van der Waals surface area contributed by atoms with E-state index in [9.17, 15) is 4.79 Å². The molecule has 20 heavy (non-hydrogen) atoms. The molecular weight excluding hydrogens is 252 g/mol. The summed E-state index contributed by atoms with van der Waals surface area (Å²) in [6.07, 6.45) is 4.20. The van der Waals surface area contributed by atoms with Crippen LogP contribution in [0.4, 0.5) is 5.69 Å². The van der Waals surface area contributed by atoms with E-state index < -0.39 is 0 Å². The summed E-state index contributed by atoms with van der Waals surface area (Å²) >= 11 is 0. The van der Waals surface area contributed by atoms with E-state index in [1.54, 1.807) is 6.07 Å². The molecule has 0 saturated carbocycles. The van der Waals surface area contributed by atoms with Crippen LogP contribution < -0.4 is 5.32 Å². The number of nitrogens with one attached hydrogen (secondary N) is 1. The average Bonchev–Trinajstić information content (AvgIpc) is 2.93. The van der Waals surface area contributed by atoms with Crippen LogP contribution in [0, 0.1) is 6.92 Å². The minimum atomic E-state index is -0.306. The molecule has 0 aliphatic heterocycles. The van der Waals surface area contributed by atoms with E-state index in [4.69, 9.17) is 4.74 Å². The second kappa shape index (κ2) is 6.28. The maximum absolute atomic E-state index is 11.4. The van der Waals surface area contributed by atoms with Crippen LogP contribution in [0.1, 0.15) is 28.4 Å². The maximum atomic E-state index is 11.4.